The lowest BCUT2D eigenvalue weighted by molar-refractivity contribution is -0.123. The van der Waals surface area contributed by atoms with Gasteiger partial charge in [0.1, 0.15) is 11.9 Å². The predicted molar refractivity (Wildman–Crippen MR) is 160 cm³/mol. The van der Waals surface area contributed by atoms with Gasteiger partial charge in [-0.15, -0.1) is 0 Å². The van der Waals surface area contributed by atoms with Crippen molar-refractivity contribution >= 4 is 29.4 Å². The number of amides is 3. The Kier molecular flexibility index (Phi) is 8.21. The number of methoxy groups -OCH3 is 1. The molecule has 0 unspecified atom stereocenters. The summed E-state index contributed by atoms with van der Waals surface area (Å²) in [5, 5.41) is 8.93. The number of aromatic nitrogens is 2. The summed E-state index contributed by atoms with van der Waals surface area (Å²) in [5.41, 5.74) is 2.31. The van der Waals surface area contributed by atoms with Crippen LogP contribution in [0.4, 0.5) is 11.6 Å². The van der Waals surface area contributed by atoms with Gasteiger partial charge in [0.25, 0.3) is 17.7 Å². The molecule has 12 nitrogen and oxygen atoms in total. The number of carbonyl (C=O) groups is 3. The zero-order valence-corrected chi connectivity index (χ0v) is 23.9. The summed E-state index contributed by atoms with van der Waals surface area (Å²) >= 11 is 0. The lowest BCUT2D eigenvalue weighted by Crippen LogP contribution is -2.45. The molecule has 44 heavy (non-hydrogen) atoms. The summed E-state index contributed by atoms with van der Waals surface area (Å²) < 4.78 is 17.4. The van der Waals surface area contributed by atoms with Gasteiger partial charge in [0.2, 0.25) is 5.95 Å². The highest BCUT2D eigenvalue weighted by Crippen LogP contribution is 2.29. The molecule has 1 fully saturated rings. The van der Waals surface area contributed by atoms with Crippen LogP contribution in [0.2, 0.25) is 0 Å². The average molecular weight is 595 g/mol. The van der Waals surface area contributed by atoms with Crippen LogP contribution in [0.15, 0.2) is 85.2 Å². The van der Waals surface area contributed by atoms with Crippen molar-refractivity contribution in [2.75, 3.05) is 32.1 Å². The fourth-order valence-electron chi connectivity index (χ4n) is 4.97. The second-order valence-corrected chi connectivity index (χ2v) is 10.3. The molecule has 1 saturated heterocycles. The molecule has 4 aromatic rings. The first-order chi connectivity index (χ1) is 21.4. The van der Waals surface area contributed by atoms with E-state index < -0.39 is 18.1 Å². The van der Waals surface area contributed by atoms with E-state index in [1.54, 1.807) is 29.2 Å². The van der Waals surface area contributed by atoms with Gasteiger partial charge in [-0.25, -0.2) is 9.97 Å². The Bertz CT molecular complexity index is 1650. The van der Waals surface area contributed by atoms with Gasteiger partial charge in [-0.2, -0.15) is 0 Å². The molecule has 7 rings (SSSR count). The van der Waals surface area contributed by atoms with Gasteiger partial charge in [-0.1, -0.05) is 30.3 Å². The van der Waals surface area contributed by atoms with Crippen LogP contribution in [0, 0.1) is 0 Å². The third-order valence-corrected chi connectivity index (χ3v) is 7.28. The molecule has 0 radical (unpaired) electrons. The monoisotopic (exact) mass is 594 g/mol. The van der Waals surface area contributed by atoms with Gasteiger partial charge in [-0.05, 0) is 48.0 Å². The Labute approximate surface area is 253 Å². The fraction of sp³-hybridized carbons (Fsp3) is 0.219. The van der Waals surface area contributed by atoms with Crippen molar-refractivity contribution in [3.05, 3.63) is 102 Å². The van der Waals surface area contributed by atoms with E-state index in [-0.39, 0.29) is 37.3 Å². The van der Waals surface area contributed by atoms with Crippen molar-refractivity contribution in [3.8, 4) is 17.2 Å². The highest BCUT2D eigenvalue weighted by Gasteiger charge is 2.38. The van der Waals surface area contributed by atoms with Crippen molar-refractivity contribution in [1.29, 1.82) is 0 Å². The molecule has 4 bridgehead atoms. The van der Waals surface area contributed by atoms with Crippen LogP contribution in [0.3, 0.4) is 0 Å². The van der Waals surface area contributed by atoms with Crippen LogP contribution >= 0.6 is 0 Å². The summed E-state index contributed by atoms with van der Waals surface area (Å²) in [7, 11) is 1.48. The molecule has 3 N–H and O–H groups in total. The quantitative estimate of drug-likeness (QED) is 0.325. The van der Waals surface area contributed by atoms with E-state index >= 15 is 0 Å². The van der Waals surface area contributed by atoms with Crippen LogP contribution in [-0.4, -0.2) is 71.5 Å². The van der Waals surface area contributed by atoms with E-state index in [0.717, 1.165) is 11.3 Å². The number of fused-ring (bicyclic) bond motifs is 7. The van der Waals surface area contributed by atoms with Crippen molar-refractivity contribution in [2.45, 2.75) is 18.7 Å². The summed E-state index contributed by atoms with van der Waals surface area (Å²) in [4.78, 5) is 49.5. The minimum Gasteiger partial charge on any atom is -0.493 e. The molecule has 12 heteroatoms. The molecule has 3 aromatic carbocycles. The predicted octanol–water partition coefficient (Wildman–Crippen LogP) is 2.94. The number of carbonyl (C=O) groups excluding carboxylic acids is 3. The van der Waals surface area contributed by atoms with E-state index in [4.69, 9.17) is 14.2 Å². The van der Waals surface area contributed by atoms with E-state index in [9.17, 15) is 14.4 Å². The number of hydrogen-bond acceptors (Lipinski definition) is 9. The number of nitrogens with zero attached hydrogens (tertiary/aromatic N) is 3. The maximum atomic E-state index is 13.5. The van der Waals surface area contributed by atoms with E-state index in [0.29, 0.717) is 35.1 Å². The molecule has 0 spiro atoms. The maximum Gasteiger partial charge on any atom is 0.258 e. The maximum absolute atomic E-state index is 13.5. The Balaban J connectivity index is 1.23. The van der Waals surface area contributed by atoms with Gasteiger partial charge >= 0.3 is 0 Å². The SMILES string of the molecule is COc1ccc2cc1OCC(=O)NCc1ccc(cc1)O[C@H]1CN(C(=O)c3cnc(Nc4ccccc4)nc3)C[C@@H]1NC2=O. The molecule has 3 amide bonds. The van der Waals surface area contributed by atoms with Crippen LogP contribution in [0.1, 0.15) is 26.3 Å². The highest BCUT2D eigenvalue weighted by molar-refractivity contribution is 5.96. The Morgan fingerprint density at radius 2 is 1.77 bits per heavy atom. The molecular formula is C32H30N6O6. The molecule has 3 aliphatic rings. The highest BCUT2D eigenvalue weighted by atomic mass is 16.5. The topological polar surface area (TPSA) is 144 Å². The normalized spacial score (nSPS) is 18.2. The zero-order valence-electron chi connectivity index (χ0n) is 23.9. The first-order valence-corrected chi connectivity index (χ1v) is 14.0. The summed E-state index contributed by atoms with van der Waals surface area (Å²) in [6.45, 7) is 0.477. The molecular weight excluding hydrogens is 564 g/mol. The number of benzene rings is 3. The van der Waals surface area contributed by atoms with E-state index in [2.05, 4.69) is 25.9 Å². The lowest BCUT2D eigenvalue weighted by atomic mass is 10.1. The first kappa shape index (κ1) is 28.5. The second kappa shape index (κ2) is 12.7. The average Bonchev–Trinajstić information content (AvgIpc) is 3.45. The molecule has 3 aliphatic heterocycles. The smallest absolute Gasteiger partial charge is 0.258 e. The van der Waals surface area contributed by atoms with E-state index in [1.807, 2.05) is 42.5 Å². The number of likely N-dealkylation sites (tertiary alicyclic amines) is 1. The largest absolute Gasteiger partial charge is 0.493 e. The molecule has 0 aliphatic carbocycles. The lowest BCUT2D eigenvalue weighted by Gasteiger charge is -2.21. The van der Waals surface area contributed by atoms with Crippen LogP contribution in [0.25, 0.3) is 0 Å². The molecule has 1 aromatic heterocycles. The molecule has 0 saturated carbocycles. The van der Waals surface area contributed by atoms with Crippen molar-refractivity contribution in [2.24, 2.45) is 0 Å². The summed E-state index contributed by atoms with van der Waals surface area (Å²) in [6, 6.07) is 20.9. The fourth-order valence-corrected chi connectivity index (χ4v) is 4.97. The minimum atomic E-state index is -0.543. The summed E-state index contributed by atoms with van der Waals surface area (Å²) in [5.74, 6) is 0.574. The second-order valence-electron chi connectivity index (χ2n) is 10.3. The number of rotatable bonds is 4. The third kappa shape index (κ3) is 6.54. The third-order valence-electron chi connectivity index (χ3n) is 7.28. The Hall–Kier alpha value is -5.65. The Morgan fingerprint density at radius 1 is 1.00 bits per heavy atom. The zero-order chi connectivity index (χ0) is 30.5. The van der Waals surface area contributed by atoms with Crippen LogP contribution in [-0.2, 0) is 11.3 Å². The van der Waals surface area contributed by atoms with Crippen molar-refractivity contribution in [3.63, 3.8) is 0 Å². The van der Waals surface area contributed by atoms with Crippen LogP contribution in [0.5, 0.6) is 17.2 Å². The standard InChI is InChI=1S/C32H30N6O6/c1-42-26-12-9-21-13-27(26)43-19-29(39)33-14-20-7-10-24(11-8-20)44-28-18-38(17-25(28)37-30(21)40)31(41)22-15-34-32(35-16-22)36-23-5-3-2-4-6-23/h2-13,15-16,25,28H,14,17-19H2,1H3,(H,33,39)(H,37,40)(H,34,35,36)/t25-,28-/m0/s1. The molecule has 2 atom stereocenters. The first-order valence-electron chi connectivity index (χ1n) is 14.0. The van der Waals surface area contributed by atoms with Crippen molar-refractivity contribution in [1.82, 2.24) is 25.5 Å². The van der Waals surface area contributed by atoms with Crippen molar-refractivity contribution < 1.29 is 28.6 Å². The van der Waals surface area contributed by atoms with Gasteiger partial charge in [0, 0.05) is 36.7 Å². The molecule has 4 heterocycles. The van der Waals surface area contributed by atoms with Crippen LogP contribution < -0.4 is 30.2 Å². The summed E-state index contributed by atoms with van der Waals surface area (Å²) in [6.07, 6.45) is 2.41. The number of para-hydroxylation sites is 1. The number of hydrogen-bond donors (Lipinski definition) is 3. The number of nitrogens with one attached hydrogen (secondary N) is 3. The Morgan fingerprint density at radius 3 is 2.52 bits per heavy atom. The molecule has 224 valence electrons. The van der Waals surface area contributed by atoms with Gasteiger partial charge < -0.3 is 35.1 Å². The number of anilines is 2. The number of ether oxygens (including phenoxy) is 3. The van der Waals surface area contributed by atoms with Gasteiger partial charge in [-0.3, -0.25) is 14.4 Å². The van der Waals surface area contributed by atoms with Gasteiger partial charge in [0.05, 0.1) is 25.3 Å². The van der Waals surface area contributed by atoms with E-state index in [1.165, 1.54) is 25.6 Å². The minimum absolute atomic E-state index is 0.204. The van der Waals surface area contributed by atoms with Gasteiger partial charge in [0.15, 0.2) is 18.1 Å².